The van der Waals surface area contributed by atoms with Crippen molar-refractivity contribution in [3.05, 3.63) is 18.2 Å². The molecule has 84 valence electrons. The van der Waals surface area contributed by atoms with Crippen LogP contribution < -0.4 is 5.32 Å². The van der Waals surface area contributed by atoms with Crippen molar-refractivity contribution in [3.63, 3.8) is 0 Å². The molecule has 5 heteroatoms. The molecule has 0 saturated heterocycles. The summed E-state index contributed by atoms with van der Waals surface area (Å²) in [6, 6.07) is 0.216. The molecule has 1 rings (SSSR count). The molecular formula is C10H15ClFN3. The molecule has 1 aromatic heterocycles. The van der Waals surface area contributed by atoms with Gasteiger partial charge in [-0.1, -0.05) is 13.8 Å². The Morgan fingerprint density at radius 2 is 2.00 bits per heavy atom. The highest BCUT2D eigenvalue weighted by Gasteiger charge is 2.13. The molecule has 0 aliphatic heterocycles. The Hall–Kier alpha value is -0.900. The van der Waals surface area contributed by atoms with Crippen molar-refractivity contribution in [1.29, 1.82) is 0 Å². The lowest BCUT2D eigenvalue weighted by Crippen LogP contribution is -2.27. The van der Waals surface area contributed by atoms with Gasteiger partial charge in [-0.05, 0) is 12.3 Å². The van der Waals surface area contributed by atoms with Crippen molar-refractivity contribution in [2.75, 3.05) is 11.2 Å². The van der Waals surface area contributed by atoms with Crippen molar-refractivity contribution in [3.8, 4) is 0 Å². The summed E-state index contributed by atoms with van der Waals surface area (Å²) in [6.45, 7) is 4.18. The number of rotatable bonds is 5. The molecule has 0 bridgehead atoms. The molecule has 1 unspecified atom stereocenters. The van der Waals surface area contributed by atoms with Crippen LogP contribution in [-0.2, 0) is 0 Å². The van der Waals surface area contributed by atoms with Gasteiger partial charge in [0.2, 0.25) is 5.95 Å². The molecule has 0 aliphatic rings. The summed E-state index contributed by atoms with van der Waals surface area (Å²) in [5.41, 5.74) is 0. The van der Waals surface area contributed by atoms with Gasteiger partial charge in [-0.3, -0.25) is 0 Å². The Kier molecular flexibility index (Phi) is 4.75. The standard InChI is InChI=1S/C10H15ClFN3/c1-7(2)9(3-4-11)15-10-13-5-8(12)6-14-10/h5-7,9H,3-4H2,1-2H3,(H,13,14,15). The Labute approximate surface area is 94.1 Å². The lowest BCUT2D eigenvalue weighted by atomic mass is 10.0. The van der Waals surface area contributed by atoms with E-state index in [1.165, 1.54) is 0 Å². The molecule has 0 radical (unpaired) electrons. The summed E-state index contributed by atoms with van der Waals surface area (Å²) >= 11 is 5.69. The lowest BCUT2D eigenvalue weighted by Gasteiger charge is -2.21. The number of alkyl halides is 1. The van der Waals surface area contributed by atoms with Gasteiger partial charge in [0.1, 0.15) is 0 Å². The first-order chi connectivity index (χ1) is 7.13. The number of aromatic nitrogens is 2. The van der Waals surface area contributed by atoms with E-state index >= 15 is 0 Å². The molecule has 1 N–H and O–H groups in total. The second-order valence-electron chi connectivity index (χ2n) is 3.70. The molecule has 0 amide bonds. The maximum atomic E-state index is 12.6. The maximum absolute atomic E-state index is 12.6. The number of nitrogens with one attached hydrogen (secondary N) is 1. The lowest BCUT2D eigenvalue weighted by molar-refractivity contribution is 0.509. The van der Waals surface area contributed by atoms with Crippen molar-refractivity contribution < 1.29 is 4.39 Å². The van der Waals surface area contributed by atoms with Gasteiger partial charge in [0.05, 0.1) is 12.4 Å². The Balaban J connectivity index is 2.61. The van der Waals surface area contributed by atoms with Crippen LogP contribution in [0.5, 0.6) is 0 Å². The second kappa shape index (κ2) is 5.85. The van der Waals surface area contributed by atoms with Crippen LogP contribution in [0.3, 0.4) is 0 Å². The van der Waals surface area contributed by atoms with Crippen LogP contribution in [0.15, 0.2) is 12.4 Å². The highest BCUT2D eigenvalue weighted by atomic mass is 35.5. The molecule has 0 spiro atoms. The monoisotopic (exact) mass is 231 g/mol. The van der Waals surface area contributed by atoms with E-state index in [0.717, 1.165) is 18.8 Å². The van der Waals surface area contributed by atoms with Gasteiger partial charge in [-0.15, -0.1) is 11.6 Å². The molecule has 1 aromatic rings. The fourth-order valence-corrected chi connectivity index (χ4v) is 1.48. The van der Waals surface area contributed by atoms with Gasteiger partial charge >= 0.3 is 0 Å². The zero-order valence-corrected chi connectivity index (χ0v) is 9.63. The van der Waals surface area contributed by atoms with Crippen molar-refractivity contribution in [1.82, 2.24) is 9.97 Å². The largest absolute Gasteiger partial charge is 0.351 e. The molecule has 3 nitrogen and oxygen atoms in total. The highest BCUT2D eigenvalue weighted by Crippen LogP contribution is 2.12. The third-order valence-corrected chi connectivity index (χ3v) is 2.38. The fraction of sp³-hybridized carbons (Fsp3) is 0.600. The van der Waals surface area contributed by atoms with E-state index in [0.29, 0.717) is 17.7 Å². The summed E-state index contributed by atoms with van der Waals surface area (Å²) in [5, 5.41) is 3.13. The molecular weight excluding hydrogens is 217 g/mol. The first kappa shape index (κ1) is 12.2. The number of hydrogen-bond donors (Lipinski definition) is 1. The van der Waals surface area contributed by atoms with E-state index in [9.17, 15) is 4.39 Å². The highest BCUT2D eigenvalue weighted by molar-refractivity contribution is 6.17. The fourth-order valence-electron chi connectivity index (χ4n) is 1.24. The van der Waals surface area contributed by atoms with Gasteiger partial charge in [-0.2, -0.15) is 0 Å². The molecule has 1 atom stereocenters. The van der Waals surface area contributed by atoms with E-state index in [1.54, 1.807) is 0 Å². The molecule has 15 heavy (non-hydrogen) atoms. The van der Waals surface area contributed by atoms with E-state index in [-0.39, 0.29) is 6.04 Å². The van der Waals surface area contributed by atoms with Gasteiger partial charge in [0.15, 0.2) is 5.82 Å². The predicted octanol–water partition coefficient (Wildman–Crippen LogP) is 2.68. The molecule has 1 heterocycles. The van der Waals surface area contributed by atoms with Gasteiger partial charge in [0, 0.05) is 11.9 Å². The Morgan fingerprint density at radius 3 is 2.47 bits per heavy atom. The minimum absolute atomic E-state index is 0.216. The first-order valence-corrected chi connectivity index (χ1v) is 5.47. The second-order valence-corrected chi connectivity index (χ2v) is 4.08. The summed E-state index contributed by atoms with van der Waals surface area (Å²) in [5.74, 6) is 1.02. The van der Waals surface area contributed by atoms with Crippen molar-refractivity contribution >= 4 is 17.5 Å². The van der Waals surface area contributed by atoms with Crippen molar-refractivity contribution in [2.24, 2.45) is 5.92 Å². The third-order valence-electron chi connectivity index (χ3n) is 2.16. The van der Waals surface area contributed by atoms with E-state index < -0.39 is 5.82 Å². The molecule has 0 saturated carbocycles. The van der Waals surface area contributed by atoms with Crippen LogP contribution in [-0.4, -0.2) is 21.9 Å². The molecule has 0 aromatic carbocycles. The van der Waals surface area contributed by atoms with Crippen LogP contribution in [0, 0.1) is 11.7 Å². The summed E-state index contributed by atoms with van der Waals surface area (Å²) < 4.78 is 12.6. The summed E-state index contributed by atoms with van der Waals surface area (Å²) in [7, 11) is 0. The third kappa shape index (κ3) is 4.00. The average molecular weight is 232 g/mol. The number of hydrogen-bond acceptors (Lipinski definition) is 3. The van der Waals surface area contributed by atoms with E-state index in [4.69, 9.17) is 11.6 Å². The normalized spacial score (nSPS) is 12.9. The smallest absolute Gasteiger partial charge is 0.223 e. The van der Waals surface area contributed by atoms with Crippen LogP contribution >= 0.6 is 11.6 Å². The first-order valence-electron chi connectivity index (χ1n) is 4.93. The van der Waals surface area contributed by atoms with Crippen LogP contribution in [0.1, 0.15) is 20.3 Å². The van der Waals surface area contributed by atoms with E-state index in [1.807, 2.05) is 0 Å². The van der Waals surface area contributed by atoms with Gasteiger partial charge in [0.25, 0.3) is 0 Å². The van der Waals surface area contributed by atoms with Crippen LogP contribution in [0.25, 0.3) is 0 Å². The summed E-state index contributed by atoms with van der Waals surface area (Å²) in [4.78, 5) is 7.68. The number of nitrogens with zero attached hydrogens (tertiary/aromatic N) is 2. The molecule has 0 fully saturated rings. The SMILES string of the molecule is CC(C)C(CCCl)Nc1ncc(F)cn1. The van der Waals surface area contributed by atoms with Gasteiger partial charge < -0.3 is 5.32 Å². The molecule has 0 aliphatic carbocycles. The minimum atomic E-state index is -0.431. The quantitative estimate of drug-likeness (QED) is 0.792. The van der Waals surface area contributed by atoms with Crippen molar-refractivity contribution in [2.45, 2.75) is 26.3 Å². The minimum Gasteiger partial charge on any atom is -0.351 e. The number of anilines is 1. The topological polar surface area (TPSA) is 37.8 Å². The zero-order valence-electron chi connectivity index (χ0n) is 8.87. The maximum Gasteiger partial charge on any atom is 0.223 e. The Morgan fingerprint density at radius 1 is 1.40 bits per heavy atom. The van der Waals surface area contributed by atoms with E-state index in [2.05, 4.69) is 29.1 Å². The zero-order chi connectivity index (χ0) is 11.3. The Bertz CT molecular complexity index is 289. The van der Waals surface area contributed by atoms with Crippen LogP contribution in [0.2, 0.25) is 0 Å². The average Bonchev–Trinajstić information content (AvgIpc) is 2.20. The van der Waals surface area contributed by atoms with Gasteiger partial charge in [-0.25, -0.2) is 14.4 Å². The van der Waals surface area contributed by atoms with Crippen LogP contribution in [0.4, 0.5) is 10.3 Å². The number of halogens is 2. The summed E-state index contributed by atoms with van der Waals surface area (Å²) in [6.07, 6.45) is 3.13. The predicted molar refractivity (Wildman–Crippen MR) is 59.6 cm³/mol.